The first-order valence-corrected chi connectivity index (χ1v) is 8.30. The number of hydrogen-bond donors (Lipinski definition) is 1. The van der Waals surface area contributed by atoms with Crippen LogP contribution in [0.15, 0.2) is 24.4 Å². The molecule has 22 heavy (non-hydrogen) atoms. The van der Waals surface area contributed by atoms with Gasteiger partial charge in [-0.15, -0.1) is 11.3 Å². The molecule has 0 saturated carbocycles. The second kappa shape index (κ2) is 6.29. The van der Waals surface area contributed by atoms with E-state index in [1.807, 2.05) is 35.9 Å². The van der Waals surface area contributed by atoms with Crippen LogP contribution in [-0.2, 0) is 24.2 Å². The van der Waals surface area contributed by atoms with Gasteiger partial charge in [-0.2, -0.15) is 9.83 Å². The number of thiophene rings is 1. The zero-order valence-corrected chi connectivity index (χ0v) is 13.4. The van der Waals surface area contributed by atoms with Gasteiger partial charge in [0.2, 0.25) is 6.54 Å². The summed E-state index contributed by atoms with van der Waals surface area (Å²) in [6.07, 6.45) is 6.17. The highest BCUT2D eigenvalue weighted by Gasteiger charge is 2.22. The van der Waals surface area contributed by atoms with Crippen molar-refractivity contribution in [1.82, 2.24) is 0 Å². The molecule has 5 heteroatoms. The number of nitriles is 1. The zero-order valence-electron chi connectivity index (χ0n) is 12.6. The van der Waals surface area contributed by atoms with Gasteiger partial charge in [0.25, 0.3) is 5.91 Å². The molecule has 0 aromatic carbocycles. The van der Waals surface area contributed by atoms with Crippen LogP contribution in [0.1, 0.15) is 34.5 Å². The Bertz CT molecular complexity index is 758. The number of anilines is 1. The number of pyridine rings is 1. The Morgan fingerprint density at radius 1 is 1.41 bits per heavy atom. The van der Waals surface area contributed by atoms with Crippen molar-refractivity contribution in [3.8, 4) is 6.07 Å². The van der Waals surface area contributed by atoms with Crippen molar-refractivity contribution in [3.05, 3.63) is 46.1 Å². The Labute approximate surface area is 134 Å². The minimum atomic E-state index is -0.0885. The molecule has 0 saturated heterocycles. The SMILES string of the molecule is Cc1cccc[n+]1CC(=O)Nc1sc2c(c1C#N)CCCC2. The van der Waals surface area contributed by atoms with E-state index in [-0.39, 0.29) is 12.5 Å². The number of nitrogens with one attached hydrogen (secondary N) is 1. The van der Waals surface area contributed by atoms with Gasteiger partial charge >= 0.3 is 0 Å². The quantitative estimate of drug-likeness (QED) is 0.886. The molecule has 0 bridgehead atoms. The molecule has 0 aliphatic heterocycles. The Morgan fingerprint density at radius 2 is 2.23 bits per heavy atom. The number of amides is 1. The molecule has 1 amide bonds. The second-order valence-electron chi connectivity index (χ2n) is 5.54. The molecule has 1 aliphatic carbocycles. The van der Waals surface area contributed by atoms with Crippen molar-refractivity contribution in [2.24, 2.45) is 0 Å². The average Bonchev–Trinajstić information content (AvgIpc) is 2.86. The van der Waals surface area contributed by atoms with Crippen LogP contribution in [0.5, 0.6) is 0 Å². The molecule has 1 N–H and O–H groups in total. The lowest BCUT2D eigenvalue weighted by Crippen LogP contribution is -2.42. The summed E-state index contributed by atoms with van der Waals surface area (Å²) in [5, 5.41) is 13.1. The van der Waals surface area contributed by atoms with E-state index in [2.05, 4.69) is 11.4 Å². The summed E-state index contributed by atoms with van der Waals surface area (Å²) in [5.74, 6) is -0.0885. The Kier molecular flexibility index (Phi) is 4.21. The van der Waals surface area contributed by atoms with Crippen molar-refractivity contribution in [2.45, 2.75) is 39.2 Å². The standard InChI is InChI=1S/C17H17N3OS/c1-12-6-4-5-9-20(12)11-16(21)19-17-14(10-18)13-7-2-3-8-15(13)22-17/h4-6,9H,2-3,7-8,11H2,1H3/p+1. The van der Waals surface area contributed by atoms with E-state index in [1.54, 1.807) is 11.3 Å². The van der Waals surface area contributed by atoms with E-state index in [0.29, 0.717) is 10.6 Å². The summed E-state index contributed by atoms with van der Waals surface area (Å²) >= 11 is 1.57. The van der Waals surface area contributed by atoms with Gasteiger partial charge in [-0.1, -0.05) is 6.07 Å². The van der Waals surface area contributed by atoms with E-state index in [9.17, 15) is 10.1 Å². The third-order valence-electron chi connectivity index (χ3n) is 4.02. The highest BCUT2D eigenvalue weighted by atomic mass is 32.1. The maximum Gasteiger partial charge on any atom is 0.290 e. The summed E-state index contributed by atoms with van der Waals surface area (Å²) < 4.78 is 1.90. The largest absolute Gasteiger partial charge is 0.311 e. The number of aryl methyl sites for hydroxylation is 2. The summed E-state index contributed by atoms with van der Waals surface area (Å²) in [6.45, 7) is 2.23. The summed E-state index contributed by atoms with van der Waals surface area (Å²) in [7, 11) is 0. The maximum absolute atomic E-state index is 12.3. The highest BCUT2D eigenvalue weighted by Crippen LogP contribution is 2.37. The molecule has 2 heterocycles. The lowest BCUT2D eigenvalue weighted by atomic mass is 9.96. The monoisotopic (exact) mass is 312 g/mol. The van der Waals surface area contributed by atoms with Crippen LogP contribution in [0, 0.1) is 18.3 Å². The van der Waals surface area contributed by atoms with Gasteiger partial charge in [0, 0.05) is 23.9 Å². The second-order valence-corrected chi connectivity index (χ2v) is 6.65. The fourth-order valence-electron chi connectivity index (χ4n) is 2.83. The first-order chi connectivity index (χ1) is 10.7. The molecule has 0 fully saturated rings. The van der Waals surface area contributed by atoms with Crippen LogP contribution >= 0.6 is 11.3 Å². The number of fused-ring (bicyclic) bond motifs is 1. The zero-order chi connectivity index (χ0) is 15.5. The smallest absolute Gasteiger partial charge is 0.290 e. The van der Waals surface area contributed by atoms with Gasteiger partial charge in [-0.25, -0.2) is 0 Å². The van der Waals surface area contributed by atoms with Gasteiger partial charge in [-0.05, 0) is 31.2 Å². The highest BCUT2D eigenvalue weighted by molar-refractivity contribution is 7.16. The van der Waals surface area contributed by atoms with E-state index in [0.717, 1.165) is 30.5 Å². The number of nitrogens with zero attached hydrogens (tertiary/aromatic N) is 2. The van der Waals surface area contributed by atoms with Gasteiger partial charge in [-0.3, -0.25) is 4.79 Å². The number of aromatic nitrogens is 1. The minimum absolute atomic E-state index is 0.0885. The van der Waals surface area contributed by atoms with Crippen LogP contribution in [0.2, 0.25) is 0 Å². The molecule has 1 aliphatic rings. The van der Waals surface area contributed by atoms with Gasteiger partial charge < -0.3 is 5.32 Å². The average molecular weight is 312 g/mol. The molecule has 2 aromatic heterocycles. The molecule has 0 spiro atoms. The van der Waals surface area contributed by atoms with Crippen molar-refractivity contribution < 1.29 is 9.36 Å². The topological polar surface area (TPSA) is 56.8 Å². The van der Waals surface area contributed by atoms with Gasteiger partial charge in [0.1, 0.15) is 11.1 Å². The van der Waals surface area contributed by atoms with Crippen molar-refractivity contribution in [1.29, 1.82) is 5.26 Å². The first kappa shape index (κ1) is 14.7. The summed E-state index contributed by atoms with van der Waals surface area (Å²) in [5.41, 5.74) is 2.85. The van der Waals surface area contributed by atoms with Gasteiger partial charge in [0.05, 0.1) is 5.56 Å². The van der Waals surface area contributed by atoms with Crippen molar-refractivity contribution >= 4 is 22.2 Å². The summed E-state index contributed by atoms with van der Waals surface area (Å²) in [4.78, 5) is 13.5. The molecular formula is C17H18N3OS+. The van der Waals surface area contributed by atoms with E-state index < -0.39 is 0 Å². The van der Waals surface area contributed by atoms with E-state index in [1.165, 1.54) is 11.3 Å². The molecule has 4 nitrogen and oxygen atoms in total. The molecule has 0 unspecified atom stereocenters. The maximum atomic E-state index is 12.3. The lowest BCUT2D eigenvalue weighted by molar-refractivity contribution is -0.690. The van der Waals surface area contributed by atoms with Crippen LogP contribution < -0.4 is 9.88 Å². The van der Waals surface area contributed by atoms with Crippen molar-refractivity contribution in [3.63, 3.8) is 0 Å². The fourth-order valence-corrected chi connectivity index (χ4v) is 4.09. The Hall–Kier alpha value is -2.19. The lowest BCUT2D eigenvalue weighted by Gasteiger charge is -2.09. The molecule has 3 rings (SSSR count). The van der Waals surface area contributed by atoms with Crippen LogP contribution in [0.3, 0.4) is 0 Å². The number of carbonyl (C=O) groups excluding carboxylic acids is 1. The molecule has 112 valence electrons. The van der Waals surface area contributed by atoms with Crippen LogP contribution in [0.4, 0.5) is 5.00 Å². The third kappa shape index (κ3) is 2.88. The Balaban J connectivity index is 1.79. The third-order valence-corrected chi connectivity index (χ3v) is 5.22. The molecule has 0 atom stereocenters. The van der Waals surface area contributed by atoms with E-state index in [4.69, 9.17) is 0 Å². The van der Waals surface area contributed by atoms with Gasteiger partial charge in [0.15, 0.2) is 11.9 Å². The normalized spacial score (nSPS) is 13.3. The van der Waals surface area contributed by atoms with Crippen LogP contribution in [-0.4, -0.2) is 5.91 Å². The molecule has 0 radical (unpaired) electrons. The number of carbonyl (C=O) groups is 1. The summed E-state index contributed by atoms with van der Waals surface area (Å²) in [6, 6.07) is 8.10. The fraction of sp³-hybridized carbons (Fsp3) is 0.353. The predicted molar refractivity (Wildman–Crippen MR) is 85.7 cm³/mol. The molecule has 2 aromatic rings. The minimum Gasteiger partial charge on any atom is -0.311 e. The van der Waals surface area contributed by atoms with E-state index >= 15 is 0 Å². The number of rotatable bonds is 3. The van der Waals surface area contributed by atoms with Crippen LogP contribution in [0.25, 0.3) is 0 Å². The van der Waals surface area contributed by atoms with Crippen molar-refractivity contribution in [2.75, 3.05) is 5.32 Å². The first-order valence-electron chi connectivity index (χ1n) is 7.48. The Morgan fingerprint density at radius 3 is 3.00 bits per heavy atom. The number of hydrogen-bond acceptors (Lipinski definition) is 3. The molecular weight excluding hydrogens is 294 g/mol. The predicted octanol–water partition coefficient (Wildman–Crippen LogP) is 2.73.